The molecular formula is C25H23FN6. The summed E-state index contributed by atoms with van der Waals surface area (Å²) in [7, 11) is 0. The summed E-state index contributed by atoms with van der Waals surface area (Å²) in [6.07, 6.45) is 7.58. The van der Waals surface area contributed by atoms with E-state index in [0.29, 0.717) is 17.3 Å². The van der Waals surface area contributed by atoms with Gasteiger partial charge in [0.15, 0.2) is 11.5 Å². The Morgan fingerprint density at radius 3 is 2.81 bits per heavy atom. The number of benzene rings is 1. The summed E-state index contributed by atoms with van der Waals surface area (Å²) in [4.78, 5) is 13.4. The van der Waals surface area contributed by atoms with Crippen LogP contribution in [0.25, 0.3) is 22.6 Å². The van der Waals surface area contributed by atoms with Crippen LogP contribution in [0.5, 0.6) is 0 Å². The SMILES string of the molecule is CC(C)c1cnn2c(N[C@@H]3CC4=C(C3)c3ccccc3C4)nc(-c3cncc(F)c3)nc12. The summed E-state index contributed by atoms with van der Waals surface area (Å²) in [5.74, 6) is 0.911. The molecule has 160 valence electrons. The number of hydrogen-bond acceptors (Lipinski definition) is 5. The van der Waals surface area contributed by atoms with E-state index in [1.165, 1.54) is 34.5 Å². The van der Waals surface area contributed by atoms with Gasteiger partial charge in [-0.1, -0.05) is 43.7 Å². The highest BCUT2D eigenvalue weighted by Gasteiger charge is 2.31. The molecule has 4 aromatic rings. The van der Waals surface area contributed by atoms with Crippen LogP contribution in [0.4, 0.5) is 10.3 Å². The van der Waals surface area contributed by atoms with Crippen LogP contribution >= 0.6 is 0 Å². The molecule has 1 N–H and O–H groups in total. The third-order valence-corrected chi connectivity index (χ3v) is 6.43. The molecule has 0 unspecified atom stereocenters. The fourth-order valence-electron chi connectivity index (χ4n) is 4.90. The molecule has 2 aliphatic carbocycles. The van der Waals surface area contributed by atoms with Gasteiger partial charge in [0.2, 0.25) is 5.95 Å². The molecule has 0 radical (unpaired) electrons. The Bertz CT molecular complexity index is 1390. The average molecular weight is 426 g/mol. The number of aromatic nitrogens is 5. The third kappa shape index (κ3) is 3.07. The van der Waals surface area contributed by atoms with Crippen LogP contribution in [0.15, 0.2) is 54.5 Å². The lowest BCUT2D eigenvalue weighted by atomic mass is 10.0. The lowest BCUT2D eigenvalue weighted by Gasteiger charge is -2.17. The molecule has 0 saturated carbocycles. The van der Waals surface area contributed by atoms with Crippen molar-refractivity contribution in [2.75, 3.05) is 5.32 Å². The molecule has 1 atom stereocenters. The van der Waals surface area contributed by atoms with Crippen molar-refractivity contribution in [1.82, 2.24) is 24.6 Å². The van der Waals surface area contributed by atoms with Crippen molar-refractivity contribution in [1.29, 1.82) is 0 Å². The second-order valence-electron chi connectivity index (χ2n) is 8.92. The van der Waals surface area contributed by atoms with Crippen molar-refractivity contribution in [2.24, 2.45) is 0 Å². The van der Waals surface area contributed by atoms with Crippen molar-refractivity contribution in [2.45, 2.75) is 45.1 Å². The van der Waals surface area contributed by atoms with Crippen LogP contribution in [-0.4, -0.2) is 30.6 Å². The molecule has 3 heterocycles. The van der Waals surface area contributed by atoms with E-state index in [4.69, 9.17) is 9.97 Å². The lowest BCUT2D eigenvalue weighted by molar-refractivity contribution is 0.621. The van der Waals surface area contributed by atoms with E-state index in [1.807, 2.05) is 6.20 Å². The minimum atomic E-state index is -0.409. The van der Waals surface area contributed by atoms with Gasteiger partial charge in [-0.2, -0.15) is 14.6 Å². The Balaban J connectivity index is 1.37. The number of nitrogens with one attached hydrogen (secondary N) is 1. The van der Waals surface area contributed by atoms with Gasteiger partial charge in [-0.3, -0.25) is 4.98 Å². The van der Waals surface area contributed by atoms with Crippen LogP contribution < -0.4 is 5.32 Å². The maximum atomic E-state index is 13.8. The van der Waals surface area contributed by atoms with Crippen LogP contribution in [0.3, 0.4) is 0 Å². The van der Waals surface area contributed by atoms with E-state index in [9.17, 15) is 4.39 Å². The first kappa shape index (κ1) is 19.1. The Labute approximate surface area is 185 Å². The highest BCUT2D eigenvalue weighted by atomic mass is 19.1. The fourth-order valence-corrected chi connectivity index (χ4v) is 4.90. The summed E-state index contributed by atoms with van der Waals surface area (Å²) in [5.41, 5.74) is 8.09. The van der Waals surface area contributed by atoms with Crippen LogP contribution in [0.1, 0.15) is 49.3 Å². The number of anilines is 1. The maximum absolute atomic E-state index is 13.8. The Kier molecular flexibility index (Phi) is 4.31. The van der Waals surface area contributed by atoms with Crippen molar-refractivity contribution < 1.29 is 4.39 Å². The number of halogens is 1. The molecule has 32 heavy (non-hydrogen) atoms. The number of fused-ring (bicyclic) bond motifs is 3. The summed E-state index contributed by atoms with van der Waals surface area (Å²) < 4.78 is 15.6. The molecule has 0 fully saturated rings. The van der Waals surface area contributed by atoms with E-state index in [1.54, 1.807) is 10.7 Å². The zero-order valence-electron chi connectivity index (χ0n) is 18.0. The zero-order valence-corrected chi connectivity index (χ0v) is 18.0. The molecule has 6 nitrogen and oxygen atoms in total. The van der Waals surface area contributed by atoms with E-state index in [2.05, 4.69) is 53.5 Å². The average Bonchev–Trinajstić information content (AvgIpc) is 3.46. The molecule has 0 amide bonds. The third-order valence-electron chi connectivity index (χ3n) is 6.43. The Morgan fingerprint density at radius 2 is 1.97 bits per heavy atom. The van der Waals surface area contributed by atoms with Crippen molar-refractivity contribution in [3.05, 3.63) is 77.0 Å². The predicted molar refractivity (Wildman–Crippen MR) is 122 cm³/mol. The van der Waals surface area contributed by atoms with Gasteiger partial charge in [-0.15, -0.1) is 0 Å². The minimum absolute atomic E-state index is 0.233. The van der Waals surface area contributed by atoms with E-state index < -0.39 is 5.82 Å². The number of nitrogens with zero attached hydrogens (tertiary/aromatic N) is 5. The quantitative estimate of drug-likeness (QED) is 0.496. The first-order valence-electron chi connectivity index (χ1n) is 11.0. The fraction of sp³-hybridized carbons (Fsp3) is 0.280. The van der Waals surface area contributed by atoms with E-state index in [0.717, 1.165) is 30.5 Å². The van der Waals surface area contributed by atoms with Gasteiger partial charge in [0, 0.05) is 23.4 Å². The summed E-state index contributed by atoms with van der Waals surface area (Å²) in [6, 6.07) is 10.3. The Morgan fingerprint density at radius 1 is 1.09 bits per heavy atom. The van der Waals surface area contributed by atoms with Gasteiger partial charge in [0.1, 0.15) is 5.82 Å². The molecule has 2 aliphatic rings. The smallest absolute Gasteiger partial charge is 0.228 e. The van der Waals surface area contributed by atoms with Crippen molar-refractivity contribution in [3.8, 4) is 11.4 Å². The van der Waals surface area contributed by atoms with Crippen LogP contribution in [0.2, 0.25) is 0 Å². The van der Waals surface area contributed by atoms with Crippen LogP contribution in [0, 0.1) is 5.82 Å². The summed E-state index contributed by atoms with van der Waals surface area (Å²) in [6.45, 7) is 4.22. The number of hydrogen-bond donors (Lipinski definition) is 1. The van der Waals surface area contributed by atoms with Gasteiger partial charge in [-0.25, -0.2) is 9.37 Å². The second-order valence-corrected chi connectivity index (χ2v) is 8.92. The first-order chi connectivity index (χ1) is 15.6. The second kappa shape index (κ2) is 7.22. The topological polar surface area (TPSA) is 68.0 Å². The Hall–Kier alpha value is -3.61. The number of pyridine rings is 1. The van der Waals surface area contributed by atoms with Gasteiger partial charge in [-0.05, 0) is 47.9 Å². The van der Waals surface area contributed by atoms with Gasteiger partial charge in [0.25, 0.3) is 0 Å². The zero-order chi connectivity index (χ0) is 21.8. The lowest BCUT2D eigenvalue weighted by Crippen LogP contribution is -2.21. The molecule has 6 rings (SSSR count). The predicted octanol–water partition coefficient (Wildman–Crippen LogP) is 5.03. The summed E-state index contributed by atoms with van der Waals surface area (Å²) in [5, 5.41) is 8.18. The first-order valence-corrected chi connectivity index (χ1v) is 11.0. The molecule has 0 aliphatic heterocycles. The standard InChI is InChI=1S/C25H23FN6/c1-14(2)22-13-28-32-24(22)30-23(17-8-18(26)12-27-11-17)31-25(32)29-19-9-16-7-15-5-3-4-6-20(15)21(16)10-19/h3-6,8,11-14,19H,7,9-10H2,1-2H3,(H,29,30,31)/t19-/m1/s1. The normalized spacial score (nSPS) is 17.3. The molecule has 7 heteroatoms. The van der Waals surface area contributed by atoms with Crippen LogP contribution in [-0.2, 0) is 6.42 Å². The minimum Gasteiger partial charge on any atom is -0.351 e. The molecule has 3 aromatic heterocycles. The largest absolute Gasteiger partial charge is 0.351 e. The van der Waals surface area contributed by atoms with Gasteiger partial charge >= 0.3 is 0 Å². The maximum Gasteiger partial charge on any atom is 0.228 e. The molecule has 0 bridgehead atoms. The molecule has 0 saturated heterocycles. The van der Waals surface area contributed by atoms with Gasteiger partial charge < -0.3 is 5.32 Å². The molecule has 1 aromatic carbocycles. The number of rotatable bonds is 4. The highest BCUT2D eigenvalue weighted by molar-refractivity contribution is 5.79. The highest BCUT2D eigenvalue weighted by Crippen LogP contribution is 2.43. The van der Waals surface area contributed by atoms with Crippen molar-refractivity contribution >= 4 is 17.2 Å². The van der Waals surface area contributed by atoms with E-state index >= 15 is 0 Å². The van der Waals surface area contributed by atoms with E-state index in [-0.39, 0.29) is 12.0 Å². The molecular weight excluding hydrogens is 403 g/mol. The summed E-state index contributed by atoms with van der Waals surface area (Å²) >= 11 is 0. The monoisotopic (exact) mass is 426 g/mol. The molecule has 0 spiro atoms. The van der Waals surface area contributed by atoms with Crippen molar-refractivity contribution in [3.63, 3.8) is 0 Å². The van der Waals surface area contributed by atoms with Gasteiger partial charge in [0.05, 0.1) is 12.4 Å².